The molecule has 0 N–H and O–H groups in total. The Kier molecular flexibility index (Phi) is 31.0. The van der Waals surface area contributed by atoms with Crippen molar-refractivity contribution in [2.75, 3.05) is 13.6 Å². The number of likely N-dealkylation sites (N-methyl/N-ethyl adjacent to an activating group) is 1. The molecule has 0 unspecified atom stereocenters. The van der Waals surface area contributed by atoms with Gasteiger partial charge in [0.1, 0.15) is 0 Å². The van der Waals surface area contributed by atoms with Gasteiger partial charge in [0.2, 0.25) is 0 Å². The first kappa shape index (κ1) is 25.3. The first-order valence-corrected chi connectivity index (χ1v) is 6.91. The Balaban J connectivity index is -0.0000000887. The van der Waals surface area contributed by atoms with Crippen molar-refractivity contribution in [3.63, 3.8) is 0 Å². The van der Waals surface area contributed by atoms with E-state index in [9.17, 15) is 0 Å². The van der Waals surface area contributed by atoms with Crippen LogP contribution < -0.4 is 0 Å². The van der Waals surface area contributed by atoms with E-state index >= 15 is 0 Å². The Morgan fingerprint density at radius 2 is 1.29 bits per heavy atom. The summed E-state index contributed by atoms with van der Waals surface area (Å²) in [7, 11) is 2.10. The zero-order valence-electron chi connectivity index (χ0n) is 13.9. The van der Waals surface area contributed by atoms with Crippen molar-refractivity contribution in [3.8, 4) is 0 Å². The van der Waals surface area contributed by atoms with E-state index in [2.05, 4.69) is 52.8 Å². The van der Waals surface area contributed by atoms with Gasteiger partial charge in [-0.15, -0.1) is 13.2 Å². The lowest BCUT2D eigenvalue weighted by Crippen LogP contribution is -2.38. The van der Waals surface area contributed by atoms with Crippen LogP contribution in [0.1, 0.15) is 61.8 Å². The average molecular weight is 243 g/mol. The summed E-state index contributed by atoms with van der Waals surface area (Å²) in [5.74, 6) is 0. The topological polar surface area (TPSA) is 3.24 Å². The number of allylic oxidation sites excluding steroid dienone is 1. The SMILES string of the molecule is C=CC(C)(C)N(C)CC.C=CCC.CC.CC. The fourth-order valence-electron chi connectivity index (χ4n) is 0.563. The van der Waals surface area contributed by atoms with Gasteiger partial charge in [-0.1, -0.05) is 53.7 Å². The minimum Gasteiger partial charge on any atom is -0.298 e. The van der Waals surface area contributed by atoms with E-state index in [0.29, 0.717) is 0 Å². The van der Waals surface area contributed by atoms with Crippen LogP contribution in [-0.2, 0) is 0 Å². The van der Waals surface area contributed by atoms with Gasteiger partial charge in [0.25, 0.3) is 0 Å². The Labute approximate surface area is 112 Å². The quantitative estimate of drug-likeness (QED) is 0.586. The molecule has 0 aromatic heterocycles. The lowest BCUT2D eigenvalue weighted by Gasteiger charge is -2.31. The molecule has 0 saturated carbocycles. The van der Waals surface area contributed by atoms with Crippen LogP contribution in [0.2, 0.25) is 0 Å². The van der Waals surface area contributed by atoms with Gasteiger partial charge in [0.05, 0.1) is 0 Å². The summed E-state index contributed by atoms with van der Waals surface area (Å²) in [5.41, 5.74) is 0.148. The molecular formula is C16H37N. The molecule has 0 rings (SSSR count). The Morgan fingerprint density at radius 1 is 1.00 bits per heavy atom. The van der Waals surface area contributed by atoms with Crippen LogP contribution in [0.3, 0.4) is 0 Å². The summed E-state index contributed by atoms with van der Waals surface area (Å²) in [5, 5.41) is 0. The summed E-state index contributed by atoms with van der Waals surface area (Å²) in [6, 6.07) is 0. The summed E-state index contributed by atoms with van der Waals surface area (Å²) in [6.07, 6.45) is 4.93. The highest BCUT2D eigenvalue weighted by atomic mass is 15.1. The van der Waals surface area contributed by atoms with Crippen molar-refractivity contribution in [1.29, 1.82) is 0 Å². The maximum atomic E-state index is 3.76. The van der Waals surface area contributed by atoms with Gasteiger partial charge in [0.15, 0.2) is 0 Å². The Bertz CT molecular complexity index is 136. The minimum atomic E-state index is 0.148. The summed E-state index contributed by atoms with van der Waals surface area (Å²) < 4.78 is 0. The van der Waals surface area contributed by atoms with Gasteiger partial charge >= 0.3 is 0 Å². The lowest BCUT2D eigenvalue weighted by molar-refractivity contribution is 0.216. The van der Waals surface area contributed by atoms with Crippen molar-refractivity contribution >= 4 is 0 Å². The average Bonchev–Trinajstić information content (AvgIpc) is 2.42. The van der Waals surface area contributed by atoms with E-state index in [1.54, 1.807) is 0 Å². The minimum absolute atomic E-state index is 0.148. The third kappa shape index (κ3) is 21.3. The maximum absolute atomic E-state index is 3.76. The summed E-state index contributed by atoms with van der Waals surface area (Å²) in [4.78, 5) is 2.25. The largest absolute Gasteiger partial charge is 0.298 e. The molecule has 0 aliphatic heterocycles. The lowest BCUT2D eigenvalue weighted by atomic mass is 10.0. The van der Waals surface area contributed by atoms with Crippen molar-refractivity contribution in [2.24, 2.45) is 0 Å². The molecule has 0 fully saturated rings. The van der Waals surface area contributed by atoms with Crippen molar-refractivity contribution in [1.82, 2.24) is 4.90 Å². The number of hydrogen-bond donors (Lipinski definition) is 0. The Hall–Kier alpha value is -0.560. The molecule has 0 heterocycles. The van der Waals surface area contributed by atoms with Crippen LogP contribution in [-0.4, -0.2) is 24.0 Å². The number of nitrogens with zero attached hydrogens (tertiary/aromatic N) is 1. The molecule has 17 heavy (non-hydrogen) atoms. The molecular weight excluding hydrogens is 206 g/mol. The van der Waals surface area contributed by atoms with E-state index in [0.717, 1.165) is 13.0 Å². The number of rotatable bonds is 4. The molecule has 0 bridgehead atoms. The maximum Gasteiger partial charge on any atom is 0.0329 e. The molecule has 0 amide bonds. The van der Waals surface area contributed by atoms with E-state index < -0.39 is 0 Å². The highest BCUT2D eigenvalue weighted by molar-refractivity contribution is 4.95. The second kappa shape index (κ2) is 20.8. The summed E-state index contributed by atoms with van der Waals surface area (Å²) in [6.45, 7) is 24.8. The van der Waals surface area contributed by atoms with Gasteiger partial charge in [-0.25, -0.2) is 0 Å². The van der Waals surface area contributed by atoms with Gasteiger partial charge in [-0.05, 0) is 33.9 Å². The zero-order valence-corrected chi connectivity index (χ0v) is 13.9. The third-order valence-electron chi connectivity index (χ3n) is 2.25. The van der Waals surface area contributed by atoms with Crippen LogP contribution in [0, 0.1) is 0 Å². The van der Waals surface area contributed by atoms with Crippen LogP contribution in [0.15, 0.2) is 25.3 Å². The van der Waals surface area contributed by atoms with Crippen molar-refractivity contribution in [3.05, 3.63) is 25.3 Å². The molecule has 0 aromatic rings. The molecule has 0 atom stereocenters. The van der Waals surface area contributed by atoms with Gasteiger partial charge in [-0.2, -0.15) is 0 Å². The molecule has 0 saturated heterocycles. The molecule has 0 spiro atoms. The van der Waals surface area contributed by atoms with E-state index in [-0.39, 0.29) is 5.54 Å². The van der Waals surface area contributed by atoms with Gasteiger partial charge in [-0.3, -0.25) is 4.90 Å². The molecule has 1 heteroatoms. The van der Waals surface area contributed by atoms with Crippen molar-refractivity contribution < 1.29 is 0 Å². The summed E-state index contributed by atoms with van der Waals surface area (Å²) >= 11 is 0. The monoisotopic (exact) mass is 243 g/mol. The van der Waals surface area contributed by atoms with Crippen LogP contribution in [0.5, 0.6) is 0 Å². The van der Waals surface area contributed by atoms with Crippen LogP contribution >= 0.6 is 0 Å². The fourth-order valence-corrected chi connectivity index (χ4v) is 0.563. The second-order valence-electron chi connectivity index (χ2n) is 3.57. The second-order valence-corrected chi connectivity index (χ2v) is 3.57. The van der Waals surface area contributed by atoms with Crippen LogP contribution in [0.4, 0.5) is 0 Å². The first-order chi connectivity index (χ1) is 7.96. The van der Waals surface area contributed by atoms with Crippen molar-refractivity contribution in [2.45, 2.75) is 67.3 Å². The predicted octanol–water partition coefficient (Wildman–Crippen LogP) is 5.54. The van der Waals surface area contributed by atoms with Crippen LogP contribution in [0.25, 0.3) is 0 Å². The fraction of sp³-hybridized carbons (Fsp3) is 0.750. The molecule has 1 nitrogen and oxygen atoms in total. The highest BCUT2D eigenvalue weighted by Crippen LogP contribution is 2.11. The Morgan fingerprint density at radius 3 is 1.35 bits per heavy atom. The normalized spacial score (nSPS) is 8.59. The van der Waals surface area contributed by atoms with E-state index in [4.69, 9.17) is 0 Å². The van der Waals surface area contributed by atoms with E-state index in [1.807, 2.05) is 39.8 Å². The molecule has 0 aliphatic rings. The molecule has 106 valence electrons. The third-order valence-corrected chi connectivity index (χ3v) is 2.25. The molecule has 0 radical (unpaired) electrons. The van der Waals surface area contributed by atoms with Gasteiger partial charge < -0.3 is 0 Å². The standard InChI is InChI=1S/C8H17N.C4H8.2C2H6/c1-6-8(3,4)9(5)7-2;1-3-4-2;2*1-2/h6H,1,7H2,2-5H3;3H,1,4H2,2H3;2*1-2H3. The van der Waals surface area contributed by atoms with E-state index in [1.165, 1.54) is 0 Å². The smallest absolute Gasteiger partial charge is 0.0329 e. The highest BCUT2D eigenvalue weighted by Gasteiger charge is 2.16. The zero-order chi connectivity index (χ0) is 14.9. The first-order valence-electron chi connectivity index (χ1n) is 6.91. The number of hydrogen-bond acceptors (Lipinski definition) is 1. The molecule has 0 aliphatic carbocycles. The predicted molar refractivity (Wildman–Crippen MR) is 85.8 cm³/mol. The van der Waals surface area contributed by atoms with Gasteiger partial charge in [0, 0.05) is 5.54 Å². The molecule has 0 aromatic carbocycles.